The Kier molecular flexibility index (Phi) is 12.4. The Bertz CT molecular complexity index is 229. The van der Waals surface area contributed by atoms with Crippen LogP contribution in [0.4, 0.5) is 0 Å². The lowest BCUT2D eigenvalue weighted by atomic mass is 10.4. The van der Waals surface area contributed by atoms with Crippen LogP contribution in [-0.2, 0) is 14.4 Å². The maximum atomic E-state index is 10.6. The van der Waals surface area contributed by atoms with E-state index in [1.807, 2.05) is 6.92 Å². The van der Waals surface area contributed by atoms with E-state index in [0.29, 0.717) is 13.1 Å². The molecule has 3 N–H and O–H groups in total. The van der Waals surface area contributed by atoms with E-state index >= 15 is 0 Å². The quantitative estimate of drug-likeness (QED) is 0.533. The first-order valence-electron chi connectivity index (χ1n) is 5.09. The Hall–Kier alpha value is -1.43. The van der Waals surface area contributed by atoms with Crippen LogP contribution in [0.2, 0.25) is 0 Å². The molecule has 16 heavy (non-hydrogen) atoms. The van der Waals surface area contributed by atoms with Crippen LogP contribution in [0.25, 0.3) is 0 Å². The molecule has 0 heterocycles. The third-order valence-corrected chi connectivity index (χ3v) is 1.40. The summed E-state index contributed by atoms with van der Waals surface area (Å²) in [6.07, 6.45) is -0.0790. The van der Waals surface area contributed by atoms with Gasteiger partial charge in [0, 0.05) is 13.6 Å². The molecule has 94 valence electrons. The summed E-state index contributed by atoms with van der Waals surface area (Å²) in [7, 11) is 3.25. The van der Waals surface area contributed by atoms with Gasteiger partial charge in [0.05, 0.1) is 6.54 Å². The first-order valence-corrected chi connectivity index (χ1v) is 5.09. The molecule has 0 aliphatic heterocycles. The Morgan fingerprint density at radius 1 is 1.06 bits per heavy atom. The summed E-state index contributed by atoms with van der Waals surface area (Å²) in [5.41, 5.74) is 0. The van der Waals surface area contributed by atoms with Crippen molar-refractivity contribution in [2.24, 2.45) is 0 Å². The molecule has 0 aromatic rings. The van der Waals surface area contributed by atoms with Gasteiger partial charge in [-0.1, -0.05) is 0 Å². The van der Waals surface area contributed by atoms with Crippen molar-refractivity contribution in [3.8, 4) is 0 Å². The van der Waals surface area contributed by atoms with E-state index in [1.54, 1.807) is 14.0 Å². The van der Waals surface area contributed by atoms with Gasteiger partial charge >= 0.3 is 0 Å². The molecule has 0 unspecified atom stereocenters. The van der Waals surface area contributed by atoms with Gasteiger partial charge < -0.3 is 16.0 Å². The molecule has 0 fully saturated rings. The summed E-state index contributed by atoms with van der Waals surface area (Å²) < 4.78 is 0. The van der Waals surface area contributed by atoms with Crippen molar-refractivity contribution >= 4 is 17.6 Å². The Morgan fingerprint density at radius 2 is 1.62 bits per heavy atom. The van der Waals surface area contributed by atoms with E-state index in [-0.39, 0.29) is 24.0 Å². The first-order chi connectivity index (χ1) is 7.47. The van der Waals surface area contributed by atoms with Crippen molar-refractivity contribution in [2.45, 2.75) is 20.3 Å². The van der Waals surface area contributed by atoms with Crippen LogP contribution >= 0.6 is 0 Å². The molecule has 0 saturated carbocycles. The predicted molar refractivity (Wildman–Crippen MR) is 62.0 cm³/mol. The minimum atomic E-state index is -0.258. The number of likely N-dealkylation sites (N-methyl/N-ethyl adjacent to an activating group) is 1. The molecule has 0 spiro atoms. The number of rotatable bonds is 5. The average molecular weight is 231 g/mol. The van der Waals surface area contributed by atoms with Gasteiger partial charge in [-0.05, 0) is 20.9 Å². The number of Topliss-reactive ketones (excluding diaryl/α,β-unsaturated/α-hetero) is 1. The SMILES string of the molecule is CCNC(=O)CC(=O)NC.CNCC(C)=O. The predicted octanol–water partition coefficient (Wildman–Crippen LogP) is -0.947. The zero-order chi connectivity index (χ0) is 13.0. The van der Waals surface area contributed by atoms with Gasteiger partial charge in [-0.2, -0.15) is 0 Å². The molecule has 0 bridgehead atoms. The maximum absolute atomic E-state index is 10.6. The van der Waals surface area contributed by atoms with Gasteiger partial charge in [0.2, 0.25) is 11.8 Å². The summed E-state index contributed by atoms with van der Waals surface area (Å²) >= 11 is 0. The highest BCUT2D eigenvalue weighted by Crippen LogP contribution is 1.77. The molecule has 0 aromatic heterocycles. The molecule has 6 heteroatoms. The molecule has 0 saturated heterocycles. The van der Waals surface area contributed by atoms with Crippen molar-refractivity contribution < 1.29 is 14.4 Å². The zero-order valence-corrected chi connectivity index (χ0v) is 10.3. The fraction of sp³-hybridized carbons (Fsp3) is 0.700. The van der Waals surface area contributed by atoms with Crippen molar-refractivity contribution in [3.05, 3.63) is 0 Å². The van der Waals surface area contributed by atoms with Crippen molar-refractivity contribution in [1.82, 2.24) is 16.0 Å². The molecule has 0 aliphatic rings. The van der Waals surface area contributed by atoms with Crippen molar-refractivity contribution in [3.63, 3.8) is 0 Å². The lowest BCUT2D eigenvalue weighted by Gasteiger charge is -1.99. The minimum absolute atomic E-state index is 0.0790. The number of carbonyl (C=O) groups is 3. The molecule has 6 nitrogen and oxygen atoms in total. The van der Waals surface area contributed by atoms with Crippen LogP contribution in [-0.4, -0.2) is 44.8 Å². The molecular weight excluding hydrogens is 210 g/mol. The monoisotopic (exact) mass is 231 g/mol. The highest BCUT2D eigenvalue weighted by molar-refractivity contribution is 5.96. The number of carbonyl (C=O) groups excluding carboxylic acids is 3. The second-order valence-electron chi connectivity index (χ2n) is 3.04. The third-order valence-electron chi connectivity index (χ3n) is 1.40. The second kappa shape index (κ2) is 11.6. The highest BCUT2D eigenvalue weighted by Gasteiger charge is 2.04. The molecule has 0 radical (unpaired) electrons. The molecular formula is C10H21N3O3. The second-order valence-corrected chi connectivity index (χ2v) is 3.04. The minimum Gasteiger partial charge on any atom is -0.359 e. The van der Waals surface area contributed by atoms with E-state index in [0.717, 1.165) is 0 Å². The largest absolute Gasteiger partial charge is 0.359 e. The number of hydrogen-bond donors (Lipinski definition) is 3. The van der Waals surface area contributed by atoms with Crippen LogP contribution in [0.15, 0.2) is 0 Å². The first kappa shape index (κ1) is 17.0. The molecule has 2 amide bonds. The average Bonchev–Trinajstić information content (AvgIpc) is 2.18. The molecule has 0 rings (SSSR count). The van der Waals surface area contributed by atoms with Gasteiger partial charge in [-0.25, -0.2) is 0 Å². The summed E-state index contributed by atoms with van der Waals surface area (Å²) in [6.45, 7) is 4.41. The number of nitrogens with one attached hydrogen (secondary N) is 3. The number of amides is 2. The molecule has 0 atom stereocenters. The van der Waals surface area contributed by atoms with Gasteiger partial charge in [0.15, 0.2) is 0 Å². The van der Waals surface area contributed by atoms with E-state index in [9.17, 15) is 14.4 Å². The lowest BCUT2D eigenvalue weighted by Crippen LogP contribution is -2.29. The van der Waals surface area contributed by atoms with Gasteiger partial charge in [-0.3, -0.25) is 14.4 Å². The molecule has 0 aliphatic carbocycles. The highest BCUT2D eigenvalue weighted by atomic mass is 16.2. The topological polar surface area (TPSA) is 87.3 Å². The Morgan fingerprint density at radius 3 is 1.88 bits per heavy atom. The summed E-state index contributed by atoms with van der Waals surface area (Å²) in [5.74, 6) is -0.315. The van der Waals surface area contributed by atoms with Crippen LogP contribution in [0.1, 0.15) is 20.3 Å². The smallest absolute Gasteiger partial charge is 0.229 e. The fourth-order valence-electron chi connectivity index (χ4n) is 0.743. The lowest BCUT2D eigenvalue weighted by molar-refractivity contribution is -0.129. The number of ketones is 1. The normalized spacial score (nSPS) is 8.50. The van der Waals surface area contributed by atoms with Crippen molar-refractivity contribution in [2.75, 3.05) is 27.2 Å². The van der Waals surface area contributed by atoms with Gasteiger partial charge in [0.1, 0.15) is 12.2 Å². The maximum Gasteiger partial charge on any atom is 0.229 e. The fourth-order valence-corrected chi connectivity index (χ4v) is 0.743. The van der Waals surface area contributed by atoms with Gasteiger partial charge in [-0.15, -0.1) is 0 Å². The van der Waals surface area contributed by atoms with Crippen LogP contribution in [0.5, 0.6) is 0 Å². The third kappa shape index (κ3) is 15.1. The Balaban J connectivity index is 0. The van der Waals surface area contributed by atoms with Gasteiger partial charge in [0.25, 0.3) is 0 Å². The standard InChI is InChI=1S/C6H12N2O2.C4H9NO/c1-3-8-6(10)4-5(9)7-2;1-4(6)3-5-2/h3-4H2,1-2H3,(H,7,9)(H,8,10);5H,3H2,1-2H3. The Labute approximate surface area is 96.2 Å². The zero-order valence-electron chi connectivity index (χ0n) is 10.3. The summed E-state index contributed by atoms with van der Waals surface area (Å²) in [5, 5.41) is 7.58. The van der Waals surface area contributed by atoms with Crippen LogP contribution < -0.4 is 16.0 Å². The van der Waals surface area contributed by atoms with E-state index < -0.39 is 0 Å². The van der Waals surface area contributed by atoms with Crippen LogP contribution in [0.3, 0.4) is 0 Å². The summed E-state index contributed by atoms with van der Waals surface area (Å²) in [6, 6.07) is 0. The number of hydrogen-bond acceptors (Lipinski definition) is 4. The van der Waals surface area contributed by atoms with E-state index in [2.05, 4.69) is 16.0 Å². The van der Waals surface area contributed by atoms with E-state index in [1.165, 1.54) is 7.05 Å². The molecule has 0 aromatic carbocycles. The van der Waals surface area contributed by atoms with Crippen LogP contribution in [0, 0.1) is 0 Å². The van der Waals surface area contributed by atoms with Crippen molar-refractivity contribution in [1.29, 1.82) is 0 Å². The van der Waals surface area contributed by atoms with E-state index in [4.69, 9.17) is 0 Å². The summed E-state index contributed by atoms with van der Waals surface area (Å²) in [4.78, 5) is 31.1.